The summed E-state index contributed by atoms with van der Waals surface area (Å²) < 4.78 is 11.4. The fourth-order valence-electron chi connectivity index (χ4n) is 3.93. The number of hydrogen-bond acceptors (Lipinski definition) is 4. The van der Waals surface area contributed by atoms with E-state index >= 15 is 0 Å². The number of aryl methyl sites for hydroxylation is 1. The molecular formula is C23H23NO3. The highest BCUT2D eigenvalue weighted by Crippen LogP contribution is 2.47. The van der Waals surface area contributed by atoms with E-state index in [1.807, 2.05) is 24.3 Å². The molecule has 1 aliphatic heterocycles. The van der Waals surface area contributed by atoms with Crippen molar-refractivity contribution in [2.24, 2.45) is 0 Å². The van der Waals surface area contributed by atoms with Crippen LogP contribution < -0.4 is 15.2 Å². The Morgan fingerprint density at radius 1 is 1.00 bits per heavy atom. The molecule has 138 valence electrons. The molecule has 0 bridgehead atoms. The van der Waals surface area contributed by atoms with Gasteiger partial charge in [0.25, 0.3) is 0 Å². The Hall–Kier alpha value is -3.14. The van der Waals surface area contributed by atoms with E-state index in [1.54, 1.807) is 19.2 Å². The number of benzene rings is 3. The summed E-state index contributed by atoms with van der Waals surface area (Å²) in [6, 6.07) is 19.7. The summed E-state index contributed by atoms with van der Waals surface area (Å²) in [5.74, 6) is 2.09. The number of nitrogen functional groups attached to an aromatic ring is 1. The average molecular weight is 361 g/mol. The maximum atomic E-state index is 9.85. The molecule has 0 aromatic heterocycles. The maximum Gasteiger partial charge on any atom is 0.126 e. The minimum Gasteiger partial charge on any atom is -0.508 e. The van der Waals surface area contributed by atoms with Gasteiger partial charge in [0, 0.05) is 29.2 Å². The van der Waals surface area contributed by atoms with Gasteiger partial charge in [-0.25, -0.2) is 0 Å². The van der Waals surface area contributed by atoms with Crippen molar-refractivity contribution in [3.8, 4) is 17.2 Å². The summed E-state index contributed by atoms with van der Waals surface area (Å²) in [5.41, 5.74) is 11.2. The summed E-state index contributed by atoms with van der Waals surface area (Å²) in [6.45, 7) is 2.59. The second-order valence-corrected chi connectivity index (χ2v) is 7.01. The highest BCUT2D eigenvalue weighted by molar-refractivity contribution is 5.52. The Kier molecular flexibility index (Phi) is 4.40. The molecule has 0 unspecified atom stereocenters. The van der Waals surface area contributed by atoms with Gasteiger partial charge in [-0.2, -0.15) is 0 Å². The number of fused-ring (bicyclic) bond motifs is 1. The molecule has 0 radical (unpaired) electrons. The standard InChI is InChI=1S/C23H23NO3/c1-14-11-16(5-10-21(14)26-2)20-13-27-22-12-18(25)8-9-19(22)23(20)15-3-6-17(24)7-4-15/h3-12,20,23,25H,13,24H2,1-2H3/t20-,23-/m0/s1. The van der Waals surface area contributed by atoms with Crippen LogP contribution >= 0.6 is 0 Å². The fraction of sp³-hybridized carbons (Fsp3) is 0.217. The van der Waals surface area contributed by atoms with Crippen molar-refractivity contribution in [2.45, 2.75) is 18.8 Å². The van der Waals surface area contributed by atoms with Crippen molar-refractivity contribution in [3.63, 3.8) is 0 Å². The number of methoxy groups -OCH3 is 1. The molecule has 4 heteroatoms. The van der Waals surface area contributed by atoms with E-state index in [-0.39, 0.29) is 17.6 Å². The van der Waals surface area contributed by atoms with Gasteiger partial charge in [-0.15, -0.1) is 0 Å². The number of anilines is 1. The third-order valence-electron chi connectivity index (χ3n) is 5.30. The second-order valence-electron chi connectivity index (χ2n) is 7.01. The molecule has 4 rings (SSSR count). The number of rotatable bonds is 3. The van der Waals surface area contributed by atoms with E-state index in [0.29, 0.717) is 6.61 Å². The van der Waals surface area contributed by atoms with Crippen LogP contribution in [0.3, 0.4) is 0 Å². The zero-order valence-corrected chi connectivity index (χ0v) is 15.5. The predicted molar refractivity (Wildman–Crippen MR) is 107 cm³/mol. The lowest BCUT2D eigenvalue weighted by Crippen LogP contribution is -2.25. The first kappa shape index (κ1) is 17.3. The lowest BCUT2D eigenvalue weighted by Gasteiger charge is -2.35. The van der Waals surface area contributed by atoms with Crippen LogP contribution in [0, 0.1) is 6.92 Å². The lowest BCUT2D eigenvalue weighted by molar-refractivity contribution is 0.247. The van der Waals surface area contributed by atoms with Gasteiger partial charge in [-0.3, -0.25) is 0 Å². The van der Waals surface area contributed by atoms with Gasteiger partial charge >= 0.3 is 0 Å². The van der Waals surface area contributed by atoms with Crippen molar-refractivity contribution in [1.29, 1.82) is 0 Å². The first-order valence-electron chi connectivity index (χ1n) is 9.02. The summed E-state index contributed by atoms with van der Waals surface area (Å²) in [4.78, 5) is 0. The number of hydrogen-bond donors (Lipinski definition) is 2. The number of ether oxygens (including phenoxy) is 2. The first-order valence-corrected chi connectivity index (χ1v) is 9.02. The highest BCUT2D eigenvalue weighted by atomic mass is 16.5. The normalized spacial score (nSPS) is 18.4. The quantitative estimate of drug-likeness (QED) is 0.669. The first-order chi connectivity index (χ1) is 13.1. The molecule has 0 saturated heterocycles. The van der Waals surface area contributed by atoms with E-state index in [0.717, 1.165) is 28.3 Å². The Morgan fingerprint density at radius 2 is 1.74 bits per heavy atom. The monoisotopic (exact) mass is 361 g/mol. The van der Waals surface area contributed by atoms with Crippen molar-refractivity contribution in [3.05, 3.63) is 82.9 Å². The fourth-order valence-corrected chi connectivity index (χ4v) is 3.93. The van der Waals surface area contributed by atoms with Crippen LogP contribution in [0.2, 0.25) is 0 Å². The molecule has 0 spiro atoms. The molecular weight excluding hydrogens is 338 g/mol. The van der Waals surface area contributed by atoms with E-state index in [4.69, 9.17) is 15.2 Å². The van der Waals surface area contributed by atoms with Gasteiger partial charge in [-0.1, -0.05) is 30.3 Å². The van der Waals surface area contributed by atoms with Crippen LogP contribution in [0.25, 0.3) is 0 Å². The van der Waals surface area contributed by atoms with Gasteiger partial charge < -0.3 is 20.3 Å². The maximum absolute atomic E-state index is 9.85. The number of phenolic OH excluding ortho intramolecular Hbond substituents is 1. The van der Waals surface area contributed by atoms with Crippen LogP contribution in [-0.4, -0.2) is 18.8 Å². The van der Waals surface area contributed by atoms with E-state index in [2.05, 4.69) is 31.2 Å². The zero-order valence-electron chi connectivity index (χ0n) is 15.5. The van der Waals surface area contributed by atoms with Crippen molar-refractivity contribution in [2.75, 3.05) is 19.5 Å². The predicted octanol–water partition coefficient (Wildman–Crippen LogP) is 4.60. The summed E-state index contributed by atoms with van der Waals surface area (Å²) in [6.07, 6.45) is 0. The largest absolute Gasteiger partial charge is 0.508 e. The zero-order chi connectivity index (χ0) is 19.0. The summed E-state index contributed by atoms with van der Waals surface area (Å²) >= 11 is 0. The Bertz CT molecular complexity index is 966. The van der Waals surface area contributed by atoms with E-state index in [1.165, 1.54) is 11.1 Å². The van der Waals surface area contributed by atoms with Crippen LogP contribution in [-0.2, 0) is 0 Å². The molecule has 2 atom stereocenters. The van der Waals surface area contributed by atoms with Crippen LogP contribution in [0.1, 0.15) is 34.1 Å². The van der Waals surface area contributed by atoms with Crippen LogP contribution in [0.4, 0.5) is 5.69 Å². The molecule has 1 aliphatic rings. The van der Waals surface area contributed by atoms with E-state index < -0.39 is 0 Å². The topological polar surface area (TPSA) is 64.7 Å². The average Bonchev–Trinajstić information content (AvgIpc) is 2.67. The Balaban J connectivity index is 1.83. The third kappa shape index (κ3) is 3.19. The molecule has 27 heavy (non-hydrogen) atoms. The highest BCUT2D eigenvalue weighted by Gasteiger charge is 2.33. The van der Waals surface area contributed by atoms with Gasteiger partial charge in [0.05, 0.1) is 13.7 Å². The summed E-state index contributed by atoms with van der Waals surface area (Å²) in [7, 11) is 1.69. The molecule has 1 heterocycles. The van der Waals surface area contributed by atoms with E-state index in [9.17, 15) is 5.11 Å². The second kappa shape index (κ2) is 6.88. The molecule has 0 fully saturated rings. The molecule has 3 N–H and O–H groups in total. The van der Waals surface area contributed by atoms with Crippen molar-refractivity contribution in [1.82, 2.24) is 0 Å². The van der Waals surface area contributed by atoms with Crippen molar-refractivity contribution >= 4 is 5.69 Å². The minimum absolute atomic E-state index is 0.114. The number of aromatic hydroxyl groups is 1. The third-order valence-corrected chi connectivity index (χ3v) is 5.30. The summed E-state index contributed by atoms with van der Waals surface area (Å²) in [5, 5.41) is 9.85. The molecule has 0 amide bonds. The smallest absolute Gasteiger partial charge is 0.126 e. The van der Waals surface area contributed by atoms with Crippen LogP contribution in [0.5, 0.6) is 17.2 Å². The Morgan fingerprint density at radius 3 is 2.44 bits per heavy atom. The number of nitrogens with two attached hydrogens (primary N) is 1. The molecule has 0 aliphatic carbocycles. The Labute approximate surface area is 159 Å². The number of phenols is 1. The van der Waals surface area contributed by atoms with Gasteiger partial charge in [0.2, 0.25) is 0 Å². The van der Waals surface area contributed by atoms with Crippen LogP contribution in [0.15, 0.2) is 60.7 Å². The molecule has 0 saturated carbocycles. The molecule has 4 nitrogen and oxygen atoms in total. The molecule has 3 aromatic rings. The molecule has 3 aromatic carbocycles. The van der Waals surface area contributed by atoms with Crippen molar-refractivity contribution < 1.29 is 14.6 Å². The van der Waals surface area contributed by atoms with Gasteiger partial charge in [-0.05, 0) is 47.9 Å². The van der Waals surface area contributed by atoms with Gasteiger partial charge in [0.1, 0.15) is 17.2 Å². The van der Waals surface area contributed by atoms with Gasteiger partial charge in [0.15, 0.2) is 0 Å². The SMILES string of the molecule is COc1ccc([C@@H]2COc3cc(O)ccc3[C@@H]2c2ccc(N)cc2)cc1C. The minimum atomic E-state index is 0.114. The lowest BCUT2D eigenvalue weighted by atomic mass is 9.75.